The fraction of sp³-hybridized carbons (Fsp3) is 0.500. The number of nitrogens with zero attached hydrogens (tertiary/aromatic N) is 1. The zero-order chi connectivity index (χ0) is 13.3. The Bertz CT molecular complexity index is 595. The van der Waals surface area contributed by atoms with Crippen LogP contribution in [-0.2, 0) is 13.5 Å². The Labute approximate surface area is 106 Å². The third-order valence-corrected chi connectivity index (χ3v) is 3.60. The van der Waals surface area contributed by atoms with Gasteiger partial charge in [0.25, 0.3) is 0 Å². The molecular formula is C14H20N2O2. The second-order valence-corrected chi connectivity index (χ2v) is 5.17. The summed E-state index contributed by atoms with van der Waals surface area (Å²) in [7, 11) is 1.72. The molecule has 2 N–H and O–H groups in total. The molecule has 1 unspecified atom stereocenters. The number of nitrogens with two attached hydrogens (primary N) is 1. The minimum Gasteiger partial charge on any atom is -0.408 e. The highest BCUT2D eigenvalue weighted by atomic mass is 16.4. The quantitative estimate of drug-likeness (QED) is 0.899. The monoisotopic (exact) mass is 248 g/mol. The van der Waals surface area contributed by atoms with Gasteiger partial charge in [0.1, 0.15) is 0 Å². The highest BCUT2D eigenvalue weighted by molar-refractivity contribution is 5.73. The van der Waals surface area contributed by atoms with Gasteiger partial charge < -0.3 is 10.2 Å². The van der Waals surface area contributed by atoms with Crippen LogP contribution in [-0.4, -0.2) is 11.1 Å². The molecule has 0 spiro atoms. The molecule has 0 fully saturated rings. The van der Waals surface area contributed by atoms with Crippen LogP contribution in [0.15, 0.2) is 27.4 Å². The average Bonchev–Trinajstić information content (AvgIpc) is 2.62. The molecular weight excluding hydrogens is 228 g/mol. The number of hydrogen-bond donors (Lipinski definition) is 1. The molecule has 18 heavy (non-hydrogen) atoms. The first-order chi connectivity index (χ1) is 8.52. The first kappa shape index (κ1) is 12.9. The highest BCUT2D eigenvalue weighted by Crippen LogP contribution is 2.20. The van der Waals surface area contributed by atoms with Gasteiger partial charge >= 0.3 is 5.76 Å². The van der Waals surface area contributed by atoms with Crippen molar-refractivity contribution in [3.8, 4) is 0 Å². The summed E-state index contributed by atoms with van der Waals surface area (Å²) in [4.78, 5) is 11.4. The molecule has 2 aromatic rings. The van der Waals surface area contributed by atoms with Gasteiger partial charge in [-0.3, -0.25) is 4.57 Å². The molecule has 0 aliphatic rings. The van der Waals surface area contributed by atoms with Gasteiger partial charge in [-0.2, -0.15) is 0 Å². The highest BCUT2D eigenvalue weighted by Gasteiger charge is 2.13. The number of oxazole rings is 1. The van der Waals surface area contributed by atoms with Crippen LogP contribution in [0.2, 0.25) is 0 Å². The van der Waals surface area contributed by atoms with Gasteiger partial charge in [0.05, 0.1) is 5.52 Å². The minimum absolute atomic E-state index is 0.318. The van der Waals surface area contributed by atoms with Crippen molar-refractivity contribution in [1.82, 2.24) is 4.57 Å². The summed E-state index contributed by atoms with van der Waals surface area (Å²) < 4.78 is 6.65. The first-order valence-electron chi connectivity index (χ1n) is 6.31. The molecule has 0 aliphatic heterocycles. The second-order valence-electron chi connectivity index (χ2n) is 5.17. The van der Waals surface area contributed by atoms with Crippen molar-refractivity contribution in [3.05, 3.63) is 34.3 Å². The van der Waals surface area contributed by atoms with E-state index in [1.165, 1.54) is 10.1 Å². The zero-order valence-corrected chi connectivity index (χ0v) is 11.1. The van der Waals surface area contributed by atoms with E-state index >= 15 is 0 Å². The summed E-state index contributed by atoms with van der Waals surface area (Å²) in [5.74, 6) is 0.701. The van der Waals surface area contributed by atoms with Crippen LogP contribution in [0.25, 0.3) is 11.1 Å². The topological polar surface area (TPSA) is 61.2 Å². The van der Waals surface area contributed by atoms with Crippen molar-refractivity contribution in [2.75, 3.05) is 6.54 Å². The Kier molecular flexibility index (Phi) is 3.57. The molecule has 2 rings (SSSR count). The third kappa shape index (κ3) is 2.34. The number of hydrogen-bond acceptors (Lipinski definition) is 3. The van der Waals surface area contributed by atoms with Crippen LogP contribution < -0.4 is 11.5 Å². The van der Waals surface area contributed by atoms with Crippen molar-refractivity contribution in [3.63, 3.8) is 0 Å². The van der Waals surface area contributed by atoms with Gasteiger partial charge in [0.2, 0.25) is 0 Å². The van der Waals surface area contributed by atoms with Crippen molar-refractivity contribution in [2.45, 2.75) is 20.3 Å². The predicted octanol–water partition coefficient (Wildman–Crippen LogP) is 1.90. The normalized spacial score (nSPS) is 13.4. The van der Waals surface area contributed by atoms with E-state index in [0.717, 1.165) is 11.9 Å². The smallest absolute Gasteiger partial charge is 0.408 e. The maximum absolute atomic E-state index is 11.4. The molecule has 98 valence electrons. The summed E-state index contributed by atoms with van der Waals surface area (Å²) in [6.07, 6.45) is 0.934. The molecule has 0 radical (unpaired) electrons. The van der Waals surface area contributed by atoms with Crippen molar-refractivity contribution in [2.24, 2.45) is 24.6 Å². The SMILES string of the molecule is CC(C)C(CN)Cc1ccc2oc(=O)n(C)c2c1. The van der Waals surface area contributed by atoms with Gasteiger partial charge in [-0.15, -0.1) is 0 Å². The van der Waals surface area contributed by atoms with Crippen LogP contribution in [0.1, 0.15) is 19.4 Å². The van der Waals surface area contributed by atoms with Gasteiger partial charge in [-0.25, -0.2) is 4.79 Å². The van der Waals surface area contributed by atoms with Crippen LogP contribution >= 0.6 is 0 Å². The molecule has 4 nitrogen and oxygen atoms in total. The van der Waals surface area contributed by atoms with Crippen LogP contribution in [0.3, 0.4) is 0 Å². The van der Waals surface area contributed by atoms with Gasteiger partial charge in [0.15, 0.2) is 5.58 Å². The standard InChI is InChI=1S/C14H20N2O2/c1-9(2)11(8-15)6-10-4-5-13-12(7-10)16(3)14(17)18-13/h4-5,7,9,11H,6,8,15H2,1-3H3. The number of aromatic nitrogens is 1. The van der Waals surface area contributed by atoms with Gasteiger partial charge in [-0.05, 0) is 42.5 Å². The van der Waals surface area contributed by atoms with Crippen LogP contribution in [0, 0.1) is 11.8 Å². The fourth-order valence-corrected chi connectivity index (χ4v) is 2.19. The lowest BCUT2D eigenvalue weighted by Crippen LogP contribution is -2.22. The molecule has 1 aromatic heterocycles. The lowest BCUT2D eigenvalue weighted by molar-refractivity contribution is 0.392. The largest absolute Gasteiger partial charge is 0.419 e. The van der Waals surface area contributed by atoms with Crippen LogP contribution in [0.5, 0.6) is 0 Å². The Hall–Kier alpha value is -1.55. The van der Waals surface area contributed by atoms with E-state index in [-0.39, 0.29) is 5.76 Å². The Morgan fingerprint density at radius 1 is 1.39 bits per heavy atom. The molecule has 0 amide bonds. The fourth-order valence-electron chi connectivity index (χ4n) is 2.19. The molecule has 0 aliphatic carbocycles. The average molecular weight is 248 g/mol. The summed E-state index contributed by atoms with van der Waals surface area (Å²) in [5.41, 5.74) is 8.48. The lowest BCUT2D eigenvalue weighted by atomic mass is 9.89. The molecule has 4 heteroatoms. The molecule has 1 aromatic carbocycles. The van der Waals surface area contributed by atoms with Crippen molar-refractivity contribution in [1.29, 1.82) is 0 Å². The van der Waals surface area contributed by atoms with Crippen molar-refractivity contribution >= 4 is 11.1 Å². The van der Waals surface area contributed by atoms with E-state index in [1.54, 1.807) is 7.05 Å². The van der Waals surface area contributed by atoms with E-state index in [1.807, 2.05) is 18.2 Å². The third-order valence-electron chi connectivity index (χ3n) is 3.60. The number of benzene rings is 1. The maximum atomic E-state index is 11.4. The maximum Gasteiger partial charge on any atom is 0.419 e. The van der Waals surface area contributed by atoms with Gasteiger partial charge in [0, 0.05) is 7.05 Å². The van der Waals surface area contributed by atoms with E-state index in [2.05, 4.69) is 13.8 Å². The van der Waals surface area contributed by atoms with Crippen LogP contribution in [0.4, 0.5) is 0 Å². The number of rotatable bonds is 4. The Morgan fingerprint density at radius 3 is 2.72 bits per heavy atom. The molecule has 0 saturated carbocycles. The Morgan fingerprint density at radius 2 is 2.11 bits per heavy atom. The summed E-state index contributed by atoms with van der Waals surface area (Å²) in [6, 6.07) is 5.89. The number of aryl methyl sites for hydroxylation is 1. The Balaban J connectivity index is 2.35. The molecule has 1 atom stereocenters. The lowest BCUT2D eigenvalue weighted by Gasteiger charge is -2.18. The minimum atomic E-state index is -0.318. The van der Waals surface area contributed by atoms with Crippen molar-refractivity contribution < 1.29 is 4.42 Å². The van der Waals surface area contributed by atoms with Gasteiger partial charge in [-0.1, -0.05) is 19.9 Å². The van der Waals surface area contributed by atoms with E-state index < -0.39 is 0 Å². The van der Waals surface area contributed by atoms with E-state index in [9.17, 15) is 4.79 Å². The first-order valence-corrected chi connectivity index (χ1v) is 6.31. The zero-order valence-electron chi connectivity index (χ0n) is 11.1. The van der Waals surface area contributed by atoms with E-state index in [4.69, 9.17) is 10.2 Å². The molecule has 0 saturated heterocycles. The second kappa shape index (κ2) is 4.98. The van der Waals surface area contributed by atoms with E-state index in [0.29, 0.717) is 24.0 Å². The summed E-state index contributed by atoms with van der Waals surface area (Å²) >= 11 is 0. The summed E-state index contributed by atoms with van der Waals surface area (Å²) in [6.45, 7) is 5.05. The molecule has 1 heterocycles. The summed E-state index contributed by atoms with van der Waals surface area (Å²) in [5, 5.41) is 0. The molecule has 0 bridgehead atoms. The number of fused-ring (bicyclic) bond motifs is 1. The predicted molar refractivity (Wildman–Crippen MR) is 72.5 cm³/mol.